The van der Waals surface area contributed by atoms with E-state index in [1.54, 1.807) is 11.8 Å². The zero-order chi connectivity index (χ0) is 14.4. The first-order valence-electron chi connectivity index (χ1n) is 6.77. The van der Waals surface area contributed by atoms with Crippen molar-refractivity contribution in [1.82, 2.24) is 15.2 Å². The van der Waals surface area contributed by atoms with Gasteiger partial charge in [-0.05, 0) is 17.9 Å². The second kappa shape index (κ2) is 7.24. The van der Waals surface area contributed by atoms with Gasteiger partial charge in [0.15, 0.2) is 5.16 Å². The highest BCUT2D eigenvalue weighted by molar-refractivity contribution is 7.99. The number of aromatic nitrogens is 3. The number of hydrogen-bond acceptors (Lipinski definition) is 4. The molecule has 1 heterocycles. The van der Waals surface area contributed by atoms with Gasteiger partial charge in [0.2, 0.25) is 0 Å². The van der Waals surface area contributed by atoms with Crippen LogP contribution in [0.15, 0.2) is 40.3 Å². The smallest absolute Gasteiger partial charge is 0.273 e. The van der Waals surface area contributed by atoms with Crippen molar-refractivity contribution in [2.24, 2.45) is 5.92 Å². The van der Waals surface area contributed by atoms with E-state index in [0.717, 1.165) is 17.7 Å². The summed E-state index contributed by atoms with van der Waals surface area (Å²) in [5, 5.41) is 8.75. The molecule has 0 saturated carbocycles. The van der Waals surface area contributed by atoms with Gasteiger partial charge in [-0.25, -0.2) is 0 Å². The third-order valence-corrected chi connectivity index (χ3v) is 3.79. The van der Waals surface area contributed by atoms with Crippen LogP contribution < -0.4 is 5.56 Å². The molecule has 20 heavy (non-hydrogen) atoms. The van der Waals surface area contributed by atoms with Gasteiger partial charge in [-0.3, -0.25) is 9.78 Å². The molecule has 4 nitrogen and oxygen atoms in total. The SMILES string of the molecule is CC(C)CCSc1nnc(Cc2ccccc2)c(=O)[nH]1. The molecule has 2 aromatic rings. The maximum atomic E-state index is 12.0. The van der Waals surface area contributed by atoms with E-state index >= 15 is 0 Å². The lowest BCUT2D eigenvalue weighted by molar-refractivity contribution is 0.631. The van der Waals surface area contributed by atoms with Crippen molar-refractivity contribution in [2.45, 2.75) is 31.8 Å². The topological polar surface area (TPSA) is 58.6 Å². The number of nitrogens with one attached hydrogen (secondary N) is 1. The van der Waals surface area contributed by atoms with Crippen LogP contribution >= 0.6 is 11.8 Å². The van der Waals surface area contributed by atoms with Crippen molar-refractivity contribution >= 4 is 11.8 Å². The van der Waals surface area contributed by atoms with Crippen molar-refractivity contribution in [3.05, 3.63) is 51.9 Å². The summed E-state index contributed by atoms with van der Waals surface area (Å²) in [6.07, 6.45) is 1.61. The van der Waals surface area contributed by atoms with E-state index in [1.807, 2.05) is 30.3 Å². The Morgan fingerprint density at radius 3 is 2.60 bits per heavy atom. The lowest BCUT2D eigenvalue weighted by atomic mass is 10.1. The van der Waals surface area contributed by atoms with Crippen LogP contribution in [-0.2, 0) is 6.42 Å². The minimum Gasteiger partial charge on any atom is -0.298 e. The predicted octanol–water partition coefficient (Wildman–Crippen LogP) is 2.89. The molecular weight excluding hydrogens is 270 g/mol. The van der Waals surface area contributed by atoms with Crippen molar-refractivity contribution in [1.29, 1.82) is 0 Å². The molecule has 0 bridgehead atoms. The Bertz CT molecular complexity index is 596. The molecule has 5 heteroatoms. The van der Waals surface area contributed by atoms with Gasteiger partial charge in [-0.1, -0.05) is 55.9 Å². The monoisotopic (exact) mass is 289 g/mol. The first-order chi connectivity index (χ1) is 9.65. The highest BCUT2D eigenvalue weighted by atomic mass is 32.2. The minimum absolute atomic E-state index is 0.143. The number of rotatable bonds is 6. The molecule has 0 saturated heterocycles. The predicted molar refractivity (Wildman–Crippen MR) is 82.1 cm³/mol. The van der Waals surface area contributed by atoms with Crippen molar-refractivity contribution in [2.75, 3.05) is 5.75 Å². The van der Waals surface area contributed by atoms with Crippen LogP contribution in [0.3, 0.4) is 0 Å². The largest absolute Gasteiger partial charge is 0.298 e. The number of H-pyrrole nitrogens is 1. The number of benzene rings is 1. The van der Waals surface area contributed by atoms with Crippen LogP contribution in [0, 0.1) is 5.92 Å². The second-order valence-electron chi connectivity index (χ2n) is 5.10. The molecule has 1 N–H and O–H groups in total. The summed E-state index contributed by atoms with van der Waals surface area (Å²) in [5.41, 5.74) is 1.38. The molecule has 2 rings (SSSR count). The Morgan fingerprint density at radius 1 is 1.20 bits per heavy atom. The molecule has 1 aromatic carbocycles. The first-order valence-corrected chi connectivity index (χ1v) is 7.76. The van der Waals surface area contributed by atoms with Crippen molar-refractivity contribution in [3.8, 4) is 0 Å². The Morgan fingerprint density at radius 2 is 1.95 bits per heavy atom. The highest BCUT2D eigenvalue weighted by Crippen LogP contribution is 2.14. The summed E-state index contributed by atoms with van der Waals surface area (Å²) in [7, 11) is 0. The number of aromatic amines is 1. The molecule has 0 aliphatic carbocycles. The van der Waals surface area contributed by atoms with Crippen molar-refractivity contribution < 1.29 is 0 Å². The summed E-state index contributed by atoms with van der Waals surface area (Å²) >= 11 is 1.55. The van der Waals surface area contributed by atoms with E-state index in [0.29, 0.717) is 23.2 Å². The van der Waals surface area contributed by atoms with E-state index < -0.39 is 0 Å². The second-order valence-corrected chi connectivity index (χ2v) is 6.18. The molecular formula is C15H19N3OS. The Balaban J connectivity index is 2.01. The zero-order valence-electron chi connectivity index (χ0n) is 11.8. The molecule has 0 fully saturated rings. The molecule has 106 valence electrons. The number of hydrogen-bond donors (Lipinski definition) is 1. The molecule has 0 spiro atoms. The molecule has 0 radical (unpaired) electrons. The zero-order valence-corrected chi connectivity index (χ0v) is 12.6. The third-order valence-electron chi connectivity index (χ3n) is 2.89. The van der Waals surface area contributed by atoms with Gasteiger partial charge in [0.05, 0.1) is 0 Å². The molecule has 1 aromatic heterocycles. The van der Waals surface area contributed by atoms with Gasteiger partial charge in [0.1, 0.15) is 5.69 Å². The average Bonchev–Trinajstić information content (AvgIpc) is 2.42. The minimum atomic E-state index is -0.143. The fourth-order valence-corrected chi connectivity index (χ4v) is 2.75. The highest BCUT2D eigenvalue weighted by Gasteiger charge is 2.06. The van der Waals surface area contributed by atoms with Crippen LogP contribution in [0.2, 0.25) is 0 Å². The molecule has 0 amide bonds. The van der Waals surface area contributed by atoms with Crippen LogP contribution in [0.5, 0.6) is 0 Å². The normalized spacial score (nSPS) is 10.9. The van der Waals surface area contributed by atoms with Crippen LogP contribution in [0.1, 0.15) is 31.5 Å². The lowest BCUT2D eigenvalue weighted by Gasteiger charge is -2.04. The molecule has 0 aliphatic rings. The van der Waals surface area contributed by atoms with Crippen molar-refractivity contribution in [3.63, 3.8) is 0 Å². The van der Waals surface area contributed by atoms with Gasteiger partial charge in [0.25, 0.3) is 5.56 Å². The number of thioether (sulfide) groups is 1. The summed E-state index contributed by atoms with van der Waals surface area (Å²) < 4.78 is 0. The fourth-order valence-electron chi connectivity index (χ4n) is 1.71. The Kier molecular flexibility index (Phi) is 5.35. The Labute approximate surface area is 123 Å². The van der Waals surface area contributed by atoms with E-state index in [9.17, 15) is 4.79 Å². The van der Waals surface area contributed by atoms with Gasteiger partial charge in [-0.2, -0.15) is 0 Å². The molecule has 0 aliphatic heterocycles. The Hall–Kier alpha value is -1.62. The summed E-state index contributed by atoms with van der Waals surface area (Å²) in [6.45, 7) is 4.36. The van der Waals surface area contributed by atoms with E-state index in [1.165, 1.54) is 0 Å². The lowest BCUT2D eigenvalue weighted by Crippen LogP contribution is -2.18. The van der Waals surface area contributed by atoms with Gasteiger partial charge in [-0.15, -0.1) is 10.2 Å². The summed E-state index contributed by atoms with van der Waals surface area (Å²) in [6, 6.07) is 9.81. The first kappa shape index (κ1) is 14.8. The summed E-state index contributed by atoms with van der Waals surface area (Å²) in [4.78, 5) is 14.8. The molecule has 0 unspecified atom stereocenters. The quantitative estimate of drug-likeness (QED) is 0.831. The van der Waals surface area contributed by atoms with Crippen LogP contribution in [0.4, 0.5) is 0 Å². The van der Waals surface area contributed by atoms with Crippen LogP contribution in [-0.4, -0.2) is 20.9 Å². The number of nitrogens with zero attached hydrogens (tertiary/aromatic N) is 2. The average molecular weight is 289 g/mol. The van der Waals surface area contributed by atoms with Gasteiger partial charge in [0, 0.05) is 12.2 Å². The van der Waals surface area contributed by atoms with E-state index in [2.05, 4.69) is 29.0 Å². The summed E-state index contributed by atoms with van der Waals surface area (Å²) in [5.74, 6) is 1.60. The van der Waals surface area contributed by atoms with Crippen LogP contribution in [0.25, 0.3) is 0 Å². The standard InChI is InChI=1S/C15H19N3OS/c1-11(2)8-9-20-15-16-14(19)13(17-18-15)10-12-6-4-3-5-7-12/h3-7,11H,8-10H2,1-2H3,(H,16,18,19). The maximum absolute atomic E-state index is 12.0. The van der Waals surface area contributed by atoms with E-state index in [-0.39, 0.29) is 5.56 Å². The molecule has 0 atom stereocenters. The fraction of sp³-hybridized carbons (Fsp3) is 0.400. The van der Waals surface area contributed by atoms with E-state index in [4.69, 9.17) is 0 Å². The van der Waals surface area contributed by atoms with Gasteiger partial charge >= 0.3 is 0 Å². The maximum Gasteiger partial charge on any atom is 0.273 e. The van der Waals surface area contributed by atoms with Gasteiger partial charge < -0.3 is 0 Å². The third kappa shape index (κ3) is 4.49.